The average molecular weight is 352 g/mol. The van der Waals surface area contributed by atoms with Crippen LogP contribution in [-0.4, -0.2) is 24.1 Å². The molecule has 1 aromatic rings. The summed E-state index contributed by atoms with van der Waals surface area (Å²) in [5.74, 6) is 0.344. The van der Waals surface area contributed by atoms with E-state index in [9.17, 15) is 26.3 Å². The Kier molecular flexibility index (Phi) is 4.01. The highest BCUT2D eigenvalue weighted by Gasteiger charge is 2.46. The van der Waals surface area contributed by atoms with Crippen LogP contribution >= 0.6 is 0 Å². The molecular formula is C15H14F6N2O. The van der Waals surface area contributed by atoms with Crippen molar-refractivity contribution in [3.05, 3.63) is 34.9 Å². The SMILES string of the molecule is NC1=N[C@@H](CCc2cc(C(F)(F)F)cc(C(F)(F)F)c2)CC2OC12. The Morgan fingerprint density at radius 1 is 1.04 bits per heavy atom. The Morgan fingerprint density at radius 3 is 2.12 bits per heavy atom. The van der Waals surface area contributed by atoms with Gasteiger partial charge in [0.1, 0.15) is 11.9 Å². The van der Waals surface area contributed by atoms with E-state index < -0.39 is 23.5 Å². The van der Waals surface area contributed by atoms with E-state index in [0.29, 0.717) is 18.7 Å². The summed E-state index contributed by atoms with van der Waals surface area (Å²) in [6.07, 6.45) is -8.93. The number of ether oxygens (including phenoxy) is 1. The number of aryl methyl sites for hydroxylation is 1. The highest BCUT2D eigenvalue weighted by Crippen LogP contribution is 2.37. The van der Waals surface area contributed by atoms with E-state index in [0.717, 1.165) is 12.1 Å². The summed E-state index contributed by atoms with van der Waals surface area (Å²) >= 11 is 0. The molecule has 0 aliphatic carbocycles. The molecule has 1 aromatic carbocycles. The lowest BCUT2D eigenvalue weighted by molar-refractivity contribution is -0.143. The highest BCUT2D eigenvalue weighted by molar-refractivity contribution is 5.88. The van der Waals surface area contributed by atoms with Crippen LogP contribution in [0.25, 0.3) is 0 Å². The molecule has 2 unspecified atom stereocenters. The predicted octanol–water partition coefficient (Wildman–Crippen LogP) is 3.55. The van der Waals surface area contributed by atoms with Crippen LogP contribution in [0.1, 0.15) is 29.5 Å². The molecule has 0 radical (unpaired) electrons. The van der Waals surface area contributed by atoms with Crippen LogP contribution in [0.3, 0.4) is 0 Å². The van der Waals surface area contributed by atoms with Crippen LogP contribution < -0.4 is 5.73 Å². The van der Waals surface area contributed by atoms with Crippen LogP contribution in [0.15, 0.2) is 23.2 Å². The van der Waals surface area contributed by atoms with Crippen LogP contribution in [0.2, 0.25) is 0 Å². The molecule has 2 aliphatic rings. The first-order valence-corrected chi connectivity index (χ1v) is 7.31. The van der Waals surface area contributed by atoms with Gasteiger partial charge >= 0.3 is 12.4 Å². The van der Waals surface area contributed by atoms with E-state index in [4.69, 9.17) is 10.5 Å². The minimum absolute atomic E-state index is 0.0234. The van der Waals surface area contributed by atoms with Crippen molar-refractivity contribution in [1.82, 2.24) is 0 Å². The quantitative estimate of drug-likeness (QED) is 0.668. The van der Waals surface area contributed by atoms with E-state index in [1.807, 2.05) is 0 Å². The van der Waals surface area contributed by atoms with E-state index in [2.05, 4.69) is 4.99 Å². The summed E-state index contributed by atoms with van der Waals surface area (Å²) < 4.78 is 82.1. The normalized spacial score (nSPS) is 26.8. The monoisotopic (exact) mass is 352 g/mol. The fourth-order valence-corrected chi connectivity index (χ4v) is 2.87. The molecule has 132 valence electrons. The minimum atomic E-state index is -4.83. The number of nitrogens with two attached hydrogens (primary N) is 1. The molecule has 1 fully saturated rings. The molecule has 0 spiro atoms. The number of fused-ring (bicyclic) bond motifs is 1. The van der Waals surface area contributed by atoms with E-state index in [1.54, 1.807) is 0 Å². The molecule has 0 amide bonds. The first kappa shape index (κ1) is 17.1. The number of aliphatic imine (C=N–C) groups is 1. The molecule has 0 aromatic heterocycles. The van der Waals surface area contributed by atoms with Crippen molar-refractivity contribution >= 4 is 5.84 Å². The summed E-state index contributed by atoms with van der Waals surface area (Å²) in [6.45, 7) is 0. The van der Waals surface area contributed by atoms with Gasteiger partial charge in [-0.2, -0.15) is 26.3 Å². The molecule has 0 saturated carbocycles. The molecule has 24 heavy (non-hydrogen) atoms. The first-order chi connectivity index (χ1) is 11.0. The molecule has 3 rings (SSSR count). The molecule has 9 heteroatoms. The Morgan fingerprint density at radius 2 is 1.62 bits per heavy atom. The van der Waals surface area contributed by atoms with Crippen LogP contribution in [0, 0.1) is 0 Å². The topological polar surface area (TPSA) is 50.9 Å². The van der Waals surface area contributed by atoms with E-state index in [1.165, 1.54) is 0 Å². The second-order valence-electron chi connectivity index (χ2n) is 5.99. The number of amidine groups is 1. The maximum atomic E-state index is 12.8. The Balaban J connectivity index is 1.78. The maximum absolute atomic E-state index is 12.8. The summed E-state index contributed by atoms with van der Waals surface area (Å²) in [5.41, 5.74) is 3.04. The lowest BCUT2D eigenvalue weighted by Crippen LogP contribution is -2.29. The molecule has 2 aliphatic heterocycles. The zero-order valence-electron chi connectivity index (χ0n) is 12.3. The zero-order valence-corrected chi connectivity index (χ0v) is 12.3. The molecule has 3 nitrogen and oxygen atoms in total. The number of alkyl halides is 6. The smallest absolute Gasteiger partial charge is 0.385 e. The Labute approximate surface area is 133 Å². The maximum Gasteiger partial charge on any atom is 0.416 e. The minimum Gasteiger partial charge on any atom is -0.385 e. The summed E-state index contributed by atoms with van der Waals surface area (Å²) in [5, 5.41) is 0. The molecule has 0 bridgehead atoms. The summed E-state index contributed by atoms with van der Waals surface area (Å²) in [4.78, 5) is 4.19. The standard InChI is InChI=1S/C15H14F6N2O/c16-14(17,18)8-3-7(4-9(5-8)15(19,20)21)1-2-10-6-11-12(24-11)13(22)23-10/h3-5,10-12H,1-2,6H2,(H2,22,23)/t10-,11?,12?/m0/s1. The fourth-order valence-electron chi connectivity index (χ4n) is 2.87. The van der Waals surface area contributed by atoms with E-state index in [-0.39, 0.29) is 36.3 Å². The van der Waals surface area contributed by atoms with E-state index >= 15 is 0 Å². The fraction of sp³-hybridized carbons (Fsp3) is 0.533. The van der Waals surface area contributed by atoms with Gasteiger partial charge in [0.2, 0.25) is 0 Å². The van der Waals surface area contributed by atoms with Gasteiger partial charge in [0.25, 0.3) is 0 Å². The molecular weight excluding hydrogens is 338 g/mol. The van der Waals surface area contributed by atoms with Crippen molar-refractivity contribution < 1.29 is 31.1 Å². The Bertz CT molecular complexity index is 635. The molecule has 2 heterocycles. The summed E-state index contributed by atoms with van der Waals surface area (Å²) in [7, 11) is 0. The van der Waals surface area contributed by atoms with Gasteiger partial charge in [0, 0.05) is 0 Å². The first-order valence-electron chi connectivity index (χ1n) is 7.31. The van der Waals surface area contributed by atoms with Crippen LogP contribution in [0.5, 0.6) is 0 Å². The van der Waals surface area contributed by atoms with Crippen LogP contribution in [0.4, 0.5) is 26.3 Å². The number of hydrogen-bond acceptors (Lipinski definition) is 3. The molecule has 3 atom stereocenters. The van der Waals surface area contributed by atoms with Crippen molar-refractivity contribution in [2.24, 2.45) is 10.7 Å². The highest BCUT2D eigenvalue weighted by atomic mass is 19.4. The lowest BCUT2D eigenvalue weighted by atomic mass is 9.96. The van der Waals surface area contributed by atoms with Gasteiger partial charge in [-0.25, -0.2) is 0 Å². The van der Waals surface area contributed by atoms with Gasteiger partial charge in [0.05, 0.1) is 23.3 Å². The van der Waals surface area contributed by atoms with Crippen molar-refractivity contribution in [3.8, 4) is 0 Å². The largest absolute Gasteiger partial charge is 0.416 e. The van der Waals surface area contributed by atoms with Crippen LogP contribution in [-0.2, 0) is 23.5 Å². The van der Waals surface area contributed by atoms with Gasteiger partial charge < -0.3 is 10.5 Å². The zero-order chi connectivity index (χ0) is 17.7. The number of benzene rings is 1. The van der Waals surface area contributed by atoms with Crippen molar-refractivity contribution in [2.45, 2.75) is 49.9 Å². The number of hydrogen-bond donors (Lipinski definition) is 1. The van der Waals surface area contributed by atoms with Crippen molar-refractivity contribution in [2.75, 3.05) is 0 Å². The van der Waals surface area contributed by atoms with Gasteiger partial charge in [-0.05, 0) is 43.0 Å². The second-order valence-corrected chi connectivity index (χ2v) is 5.99. The Hall–Kier alpha value is -1.77. The second kappa shape index (κ2) is 5.65. The molecule has 2 N–H and O–H groups in total. The van der Waals surface area contributed by atoms with Gasteiger partial charge in [-0.3, -0.25) is 4.99 Å². The van der Waals surface area contributed by atoms with Gasteiger partial charge in [-0.1, -0.05) is 0 Å². The average Bonchev–Trinajstić information content (AvgIpc) is 3.23. The number of nitrogens with zero attached hydrogens (tertiary/aromatic N) is 1. The van der Waals surface area contributed by atoms with Crippen molar-refractivity contribution in [3.63, 3.8) is 0 Å². The lowest BCUT2D eigenvalue weighted by Gasteiger charge is -2.17. The van der Waals surface area contributed by atoms with Crippen molar-refractivity contribution in [1.29, 1.82) is 0 Å². The number of halogens is 6. The third kappa shape index (κ3) is 3.66. The third-order valence-electron chi connectivity index (χ3n) is 4.12. The van der Waals surface area contributed by atoms with Gasteiger partial charge in [0.15, 0.2) is 0 Å². The summed E-state index contributed by atoms with van der Waals surface area (Å²) in [6, 6.07) is 1.38. The number of epoxide rings is 1. The number of rotatable bonds is 3. The third-order valence-corrected chi connectivity index (χ3v) is 4.12. The predicted molar refractivity (Wildman–Crippen MR) is 73.5 cm³/mol. The molecule has 1 saturated heterocycles. The van der Waals surface area contributed by atoms with Gasteiger partial charge in [-0.15, -0.1) is 0 Å².